The van der Waals surface area contributed by atoms with Crippen molar-refractivity contribution in [2.75, 3.05) is 5.32 Å². The number of hydrogen-bond donors (Lipinski definition) is 1. The molecule has 5 nitrogen and oxygen atoms in total. The summed E-state index contributed by atoms with van der Waals surface area (Å²) in [4.78, 5) is 8.01. The zero-order valence-electron chi connectivity index (χ0n) is 7.18. The molecule has 0 amide bonds. The maximum atomic E-state index is 4.07. The summed E-state index contributed by atoms with van der Waals surface area (Å²) in [5.41, 5.74) is 0.906. The molecule has 0 saturated heterocycles. The Labute approximate surface area is 75.4 Å². The Hall–Kier alpha value is -1.91. The molecular formula is C8H9N5. The number of aromatic nitrogens is 4. The summed E-state index contributed by atoms with van der Waals surface area (Å²) >= 11 is 0. The maximum Gasteiger partial charge on any atom is 0.148 e. The van der Waals surface area contributed by atoms with Crippen LogP contribution in [0.25, 0.3) is 0 Å². The van der Waals surface area contributed by atoms with Crippen molar-refractivity contribution in [3.05, 3.63) is 31.0 Å². The highest BCUT2D eigenvalue weighted by Crippen LogP contribution is 2.10. The minimum absolute atomic E-state index is 0.718. The molecule has 0 bridgehead atoms. The highest BCUT2D eigenvalue weighted by molar-refractivity contribution is 5.52. The Balaban J connectivity index is 2.15. The van der Waals surface area contributed by atoms with Crippen LogP contribution in [0.1, 0.15) is 0 Å². The quantitative estimate of drug-likeness (QED) is 0.738. The SMILES string of the molecule is Cn1cc(Nc2cnccn2)cn1. The van der Waals surface area contributed by atoms with Gasteiger partial charge in [-0.2, -0.15) is 5.10 Å². The largest absolute Gasteiger partial charge is 0.336 e. The molecule has 0 atom stereocenters. The highest BCUT2D eigenvalue weighted by Gasteiger charge is 1.96. The lowest BCUT2D eigenvalue weighted by atomic mass is 10.5. The third-order valence-electron chi connectivity index (χ3n) is 1.54. The Bertz CT molecular complexity index is 380. The van der Waals surface area contributed by atoms with Crippen LogP contribution in [-0.2, 0) is 7.05 Å². The van der Waals surface area contributed by atoms with Gasteiger partial charge in [0, 0.05) is 25.6 Å². The van der Waals surface area contributed by atoms with Crippen LogP contribution in [0, 0.1) is 0 Å². The number of nitrogens with one attached hydrogen (secondary N) is 1. The van der Waals surface area contributed by atoms with Crippen LogP contribution in [0.15, 0.2) is 31.0 Å². The van der Waals surface area contributed by atoms with E-state index in [1.54, 1.807) is 29.5 Å². The van der Waals surface area contributed by atoms with Gasteiger partial charge in [0.1, 0.15) is 5.82 Å². The van der Waals surface area contributed by atoms with Crippen LogP contribution in [-0.4, -0.2) is 19.7 Å². The molecule has 0 aliphatic rings. The molecule has 2 rings (SSSR count). The zero-order valence-corrected chi connectivity index (χ0v) is 7.18. The Kier molecular flexibility index (Phi) is 1.91. The smallest absolute Gasteiger partial charge is 0.148 e. The van der Waals surface area contributed by atoms with E-state index in [0.29, 0.717) is 0 Å². The van der Waals surface area contributed by atoms with E-state index in [9.17, 15) is 0 Å². The summed E-state index contributed by atoms with van der Waals surface area (Å²) in [6.07, 6.45) is 8.53. The number of hydrogen-bond acceptors (Lipinski definition) is 4. The molecule has 2 heterocycles. The van der Waals surface area contributed by atoms with Gasteiger partial charge in [-0.05, 0) is 0 Å². The fourth-order valence-electron chi connectivity index (χ4n) is 0.997. The van der Waals surface area contributed by atoms with Crippen LogP contribution in [0.3, 0.4) is 0 Å². The minimum Gasteiger partial charge on any atom is -0.336 e. The van der Waals surface area contributed by atoms with E-state index in [1.165, 1.54) is 0 Å². The summed E-state index contributed by atoms with van der Waals surface area (Å²) in [5, 5.41) is 7.09. The van der Waals surface area contributed by atoms with E-state index < -0.39 is 0 Å². The third kappa shape index (κ3) is 1.81. The monoisotopic (exact) mass is 175 g/mol. The summed E-state index contributed by atoms with van der Waals surface area (Å²) in [6, 6.07) is 0. The van der Waals surface area contributed by atoms with Crippen molar-refractivity contribution >= 4 is 11.5 Å². The van der Waals surface area contributed by atoms with Crippen LogP contribution in [0.4, 0.5) is 11.5 Å². The first kappa shape index (κ1) is 7.72. The van der Waals surface area contributed by atoms with Crippen LogP contribution in [0.2, 0.25) is 0 Å². The first-order valence-corrected chi connectivity index (χ1v) is 3.86. The van der Waals surface area contributed by atoms with Gasteiger partial charge in [0.05, 0.1) is 18.1 Å². The predicted octanol–water partition coefficient (Wildman–Crippen LogP) is 0.954. The number of aryl methyl sites for hydroxylation is 1. The van der Waals surface area contributed by atoms with Gasteiger partial charge in [0.2, 0.25) is 0 Å². The molecule has 0 unspecified atom stereocenters. The van der Waals surface area contributed by atoms with Crippen molar-refractivity contribution in [3.63, 3.8) is 0 Å². The van der Waals surface area contributed by atoms with Gasteiger partial charge in [-0.1, -0.05) is 0 Å². The molecule has 0 spiro atoms. The van der Waals surface area contributed by atoms with E-state index in [-0.39, 0.29) is 0 Å². The second kappa shape index (κ2) is 3.22. The molecule has 13 heavy (non-hydrogen) atoms. The summed E-state index contributed by atoms with van der Waals surface area (Å²) in [6.45, 7) is 0. The topological polar surface area (TPSA) is 55.6 Å². The normalized spacial score (nSPS) is 9.92. The lowest BCUT2D eigenvalue weighted by molar-refractivity contribution is 0.768. The Morgan fingerprint density at radius 3 is 2.85 bits per heavy atom. The van der Waals surface area contributed by atoms with Gasteiger partial charge in [0.25, 0.3) is 0 Å². The van der Waals surface area contributed by atoms with Crippen molar-refractivity contribution in [2.24, 2.45) is 7.05 Å². The molecular weight excluding hydrogens is 166 g/mol. The zero-order chi connectivity index (χ0) is 9.10. The Morgan fingerprint density at radius 1 is 1.31 bits per heavy atom. The molecule has 0 aliphatic heterocycles. The summed E-state index contributed by atoms with van der Waals surface area (Å²) in [5.74, 6) is 0.718. The first-order valence-electron chi connectivity index (χ1n) is 3.86. The van der Waals surface area contributed by atoms with Gasteiger partial charge in [-0.3, -0.25) is 9.67 Å². The van der Waals surface area contributed by atoms with Crippen molar-refractivity contribution in [3.8, 4) is 0 Å². The van der Waals surface area contributed by atoms with Gasteiger partial charge in [-0.25, -0.2) is 4.98 Å². The molecule has 0 radical (unpaired) electrons. The fourth-order valence-corrected chi connectivity index (χ4v) is 0.997. The van der Waals surface area contributed by atoms with Crippen LogP contribution < -0.4 is 5.32 Å². The highest BCUT2D eigenvalue weighted by atomic mass is 15.3. The van der Waals surface area contributed by atoms with E-state index >= 15 is 0 Å². The van der Waals surface area contributed by atoms with E-state index in [0.717, 1.165) is 11.5 Å². The fraction of sp³-hybridized carbons (Fsp3) is 0.125. The molecule has 2 aromatic heterocycles. The predicted molar refractivity (Wildman–Crippen MR) is 48.5 cm³/mol. The van der Waals surface area contributed by atoms with Crippen molar-refractivity contribution in [1.82, 2.24) is 19.7 Å². The standard InChI is InChI=1S/C8H9N5/c1-13-6-7(4-11-13)12-8-5-9-2-3-10-8/h2-6H,1H3,(H,10,12). The Morgan fingerprint density at radius 2 is 2.23 bits per heavy atom. The van der Waals surface area contributed by atoms with Gasteiger partial charge in [-0.15, -0.1) is 0 Å². The average Bonchev–Trinajstić information content (AvgIpc) is 2.53. The minimum atomic E-state index is 0.718. The van der Waals surface area contributed by atoms with Gasteiger partial charge < -0.3 is 5.32 Å². The van der Waals surface area contributed by atoms with Crippen molar-refractivity contribution in [2.45, 2.75) is 0 Å². The molecule has 1 N–H and O–H groups in total. The van der Waals surface area contributed by atoms with Gasteiger partial charge >= 0.3 is 0 Å². The first-order chi connectivity index (χ1) is 6.34. The molecule has 66 valence electrons. The van der Waals surface area contributed by atoms with Gasteiger partial charge in [0.15, 0.2) is 0 Å². The third-order valence-corrected chi connectivity index (χ3v) is 1.54. The van der Waals surface area contributed by atoms with Crippen molar-refractivity contribution < 1.29 is 0 Å². The lowest BCUT2D eigenvalue weighted by Gasteiger charge is -1.98. The number of anilines is 2. The molecule has 0 aliphatic carbocycles. The number of rotatable bonds is 2. The van der Waals surface area contributed by atoms with Crippen LogP contribution >= 0.6 is 0 Å². The molecule has 5 heteroatoms. The summed E-state index contributed by atoms with van der Waals surface area (Å²) < 4.78 is 1.72. The molecule has 2 aromatic rings. The van der Waals surface area contributed by atoms with E-state index in [1.807, 2.05) is 13.2 Å². The molecule has 0 aromatic carbocycles. The van der Waals surface area contributed by atoms with E-state index in [4.69, 9.17) is 0 Å². The average molecular weight is 175 g/mol. The van der Waals surface area contributed by atoms with Crippen molar-refractivity contribution in [1.29, 1.82) is 0 Å². The summed E-state index contributed by atoms with van der Waals surface area (Å²) in [7, 11) is 1.86. The van der Waals surface area contributed by atoms with E-state index in [2.05, 4.69) is 20.4 Å². The molecule has 0 saturated carbocycles. The van der Waals surface area contributed by atoms with Crippen LogP contribution in [0.5, 0.6) is 0 Å². The number of nitrogens with zero attached hydrogens (tertiary/aromatic N) is 4. The second-order valence-corrected chi connectivity index (χ2v) is 2.62. The maximum absolute atomic E-state index is 4.07. The lowest BCUT2D eigenvalue weighted by Crippen LogP contribution is -1.92. The molecule has 0 fully saturated rings. The second-order valence-electron chi connectivity index (χ2n) is 2.62.